The molecule has 0 radical (unpaired) electrons. The molecule has 1 atom stereocenters. The van der Waals surface area contributed by atoms with Gasteiger partial charge in [0.2, 0.25) is 0 Å². The highest BCUT2D eigenvalue weighted by Crippen LogP contribution is 2.17. The average molecular weight is 239 g/mol. The Labute approximate surface area is 87.8 Å². The molecular formula is C8H14FNO4S. The summed E-state index contributed by atoms with van der Waals surface area (Å²) in [7, 11) is -3.05. The molecule has 0 bridgehead atoms. The number of alkyl halides is 1. The van der Waals surface area contributed by atoms with Gasteiger partial charge < -0.3 is 5.11 Å². The van der Waals surface area contributed by atoms with Crippen LogP contribution >= 0.6 is 0 Å². The molecule has 1 aliphatic rings. The lowest BCUT2D eigenvalue weighted by Crippen LogP contribution is -2.41. The van der Waals surface area contributed by atoms with Gasteiger partial charge in [-0.2, -0.15) is 0 Å². The third kappa shape index (κ3) is 3.75. The van der Waals surface area contributed by atoms with E-state index in [1.54, 1.807) is 0 Å². The van der Waals surface area contributed by atoms with Crippen molar-refractivity contribution in [2.45, 2.75) is 12.5 Å². The number of carbonyl (C=O) groups is 1. The molecule has 1 unspecified atom stereocenters. The first kappa shape index (κ1) is 12.4. The van der Waals surface area contributed by atoms with Gasteiger partial charge in [-0.25, -0.2) is 12.8 Å². The molecule has 1 fully saturated rings. The van der Waals surface area contributed by atoms with Gasteiger partial charge in [0.05, 0.1) is 18.1 Å². The van der Waals surface area contributed by atoms with Crippen LogP contribution in [0.2, 0.25) is 0 Å². The fourth-order valence-electron chi connectivity index (χ4n) is 1.74. The number of hydrogen-bond donors (Lipinski definition) is 1. The molecule has 0 aromatic carbocycles. The number of hydrogen-bond acceptors (Lipinski definition) is 4. The van der Waals surface area contributed by atoms with Crippen LogP contribution in [0.1, 0.15) is 6.42 Å². The predicted molar refractivity (Wildman–Crippen MR) is 52.2 cm³/mol. The van der Waals surface area contributed by atoms with Gasteiger partial charge in [-0.3, -0.25) is 9.69 Å². The van der Waals surface area contributed by atoms with Crippen molar-refractivity contribution < 1.29 is 22.7 Å². The van der Waals surface area contributed by atoms with Crippen molar-refractivity contribution in [1.82, 2.24) is 4.90 Å². The fraction of sp³-hybridized carbons (Fsp3) is 0.875. The summed E-state index contributed by atoms with van der Waals surface area (Å²) in [4.78, 5) is 11.9. The molecule has 5 nitrogen and oxygen atoms in total. The second kappa shape index (κ2) is 4.89. The number of aliphatic carboxylic acids is 1. The minimum atomic E-state index is -3.05. The van der Waals surface area contributed by atoms with Crippen molar-refractivity contribution in [2.75, 3.05) is 31.3 Å². The maximum atomic E-state index is 12.2. The average Bonchev–Trinajstić information content (AvgIpc) is 2.44. The number of carboxylic acid groups (broad SMARTS) is 1. The number of rotatable bonds is 5. The summed E-state index contributed by atoms with van der Waals surface area (Å²) < 4.78 is 34.5. The van der Waals surface area contributed by atoms with Gasteiger partial charge in [0, 0.05) is 12.6 Å². The maximum absolute atomic E-state index is 12.2. The highest BCUT2D eigenvalue weighted by Gasteiger charge is 2.32. The van der Waals surface area contributed by atoms with Crippen molar-refractivity contribution in [3.8, 4) is 0 Å². The quantitative estimate of drug-likeness (QED) is 0.702. The Morgan fingerprint density at radius 1 is 1.53 bits per heavy atom. The van der Waals surface area contributed by atoms with Crippen molar-refractivity contribution in [1.29, 1.82) is 0 Å². The smallest absolute Gasteiger partial charge is 0.317 e. The third-order valence-corrected chi connectivity index (χ3v) is 4.19. The van der Waals surface area contributed by atoms with Crippen LogP contribution in [-0.4, -0.2) is 61.7 Å². The van der Waals surface area contributed by atoms with Crippen LogP contribution in [0, 0.1) is 0 Å². The molecule has 0 aliphatic carbocycles. The van der Waals surface area contributed by atoms with Gasteiger partial charge in [-0.05, 0) is 6.42 Å². The molecule has 15 heavy (non-hydrogen) atoms. The summed E-state index contributed by atoms with van der Waals surface area (Å²) in [5.74, 6) is -1.05. The molecule has 0 aromatic heterocycles. The van der Waals surface area contributed by atoms with E-state index < -0.39 is 22.5 Å². The molecule has 1 N–H and O–H groups in total. The van der Waals surface area contributed by atoms with E-state index in [0.717, 1.165) is 0 Å². The Bertz CT molecular complexity index is 330. The number of carboxylic acids is 1. The standard InChI is InChI=1S/C8H14FNO4S/c9-2-3-10(5-8(11)12)7-1-4-15(13,14)6-7/h7H,1-6H2,(H,11,12). The summed E-state index contributed by atoms with van der Waals surface area (Å²) >= 11 is 0. The van der Waals surface area contributed by atoms with E-state index >= 15 is 0 Å². The molecular weight excluding hydrogens is 225 g/mol. The van der Waals surface area contributed by atoms with E-state index in [0.29, 0.717) is 6.42 Å². The van der Waals surface area contributed by atoms with E-state index in [2.05, 4.69) is 0 Å². The Hall–Kier alpha value is -0.690. The molecule has 0 aromatic rings. The summed E-state index contributed by atoms with van der Waals surface area (Å²) in [5, 5.41) is 8.59. The van der Waals surface area contributed by atoms with Gasteiger partial charge in [-0.15, -0.1) is 0 Å². The van der Waals surface area contributed by atoms with Gasteiger partial charge in [0.15, 0.2) is 9.84 Å². The van der Waals surface area contributed by atoms with Crippen LogP contribution in [-0.2, 0) is 14.6 Å². The minimum Gasteiger partial charge on any atom is -0.480 e. The van der Waals surface area contributed by atoms with Gasteiger partial charge in [0.25, 0.3) is 0 Å². The monoisotopic (exact) mass is 239 g/mol. The van der Waals surface area contributed by atoms with Crippen molar-refractivity contribution in [2.24, 2.45) is 0 Å². The van der Waals surface area contributed by atoms with Crippen LogP contribution in [0.3, 0.4) is 0 Å². The zero-order valence-corrected chi connectivity index (χ0v) is 9.04. The number of nitrogens with zero attached hydrogens (tertiary/aromatic N) is 1. The SMILES string of the molecule is O=C(O)CN(CCF)C1CCS(=O)(=O)C1. The zero-order valence-electron chi connectivity index (χ0n) is 8.23. The van der Waals surface area contributed by atoms with Crippen LogP contribution in [0.15, 0.2) is 0 Å². The van der Waals surface area contributed by atoms with E-state index in [-0.39, 0.29) is 30.6 Å². The first-order chi connectivity index (χ1) is 6.94. The molecule has 1 rings (SSSR count). The van der Waals surface area contributed by atoms with E-state index in [4.69, 9.17) is 5.11 Å². The van der Waals surface area contributed by atoms with Crippen molar-refractivity contribution in [3.05, 3.63) is 0 Å². The lowest BCUT2D eigenvalue weighted by atomic mass is 10.2. The van der Waals surface area contributed by atoms with Crippen LogP contribution in [0.4, 0.5) is 4.39 Å². The second-order valence-corrected chi connectivity index (χ2v) is 5.84. The first-order valence-electron chi connectivity index (χ1n) is 4.67. The Morgan fingerprint density at radius 3 is 2.60 bits per heavy atom. The molecule has 7 heteroatoms. The van der Waals surface area contributed by atoms with E-state index in [1.165, 1.54) is 4.90 Å². The summed E-state index contributed by atoms with van der Waals surface area (Å²) in [6.45, 7) is -0.986. The first-order valence-corrected chi connectivity index (χ1v) is 6.49. The molecule has 1 saturated heterocycles. The largest absolute Gasteiger partial charge is 0.480 e. The Balaban J connectivity index is 2.61. The summed E-state index contributed by atoms with van der Waals surface area (Å²) in [6.07, 6.45) is 0.398. The minimum absolute atomic E-state index is 0.0213. The Kier molecular flexibility index (Phi) is 4.04. The molecule has 1 heterocycles. The van der Waals surface area contributed by atoms with Gasteiger partial charge >= 0.3 is 5.97 Å². The third-order valence-electron chi connectivity index (χ3n) is 2.43. The molecule has 88 valence electrons. The van der Waals surface area contributed by atoms with Crippen LogP contribution in [0.25, 0.3) is 0 Å². The van der Waals surface area contributed by atoms with Gasteiger partial charge in [0.1, 0.15) is 6.67 Å². The highest BCUT2D eigenvalue weighted by molar-refractivity contribution is 7.91. The van der Waals surface area contributed by atoms with E-state index in [9.17, 15) is 17.6 Å². The molecule has 0 saturated carbocycles. The highest BCUT2D eigenvalue weighted by atomic mass is 32.2. The maximum Gasteiger partial charge on any atom is 0.317 e. The fourth-order valence-corrected chi connectivity index (χ4v) is 3.50. The topological polar surface area (TPSA) is 74.7 Å². The van der Waals surface area contributed by atoms with Crippen molar-refractivity contribution >= 4 is 15.8 Å². The molecule has 0 spiro atoms. The van der Waals surface area contributed by atoms with Crippen LogP contribution in [0.5, 0.6) is 0 Å². The van der Waals surface area contributed by atoms with Crippen LogP contribution < -0.4 is 0 Å². The molecule has 1 aliphatic heterocycles. The van der Waals surface area contributed by atoms with Crippen molar-refractivity contribution in [3.63, 3.8) is 0 Å². The van der Waals surface area contributed by atoms with E-state index in [1.807, 2.05) is 0 Å². The predicted octanol–water partition coefficient (Wildman–Crippen LogP) is -0.470. The second-order valence-electron chi connectivity index (χ2n) is 3.61. The number of sulfone groups is 1. The lowest BCUT2D eigenvalue weighted by Gasteiger charge is -2.24. The summed E-state index contributed by atoms with van der Waals surface area (Å²) in [6, 6.07) is -0.346. The summed E-state index contributed by atoms with van der Waals surface area (Å²) in [5.41, 5.74) is 0. The lowest BCUT2D eigenvalue weighted by molar-refractivity contribution is -0.138. The Morgan fingerprint density at radius 2 is 2.20 bits per heavy atom. The zero-order chi connectivity index (χ0) is 11.5. The number of halogens is 1. The van der Waals surface area contributed by atoms with Gasteiger partial charge in [-0.1, -0.05) is 0 Å². The normalized spacial score (nSPS) is 24.5. The molecule has 0 amide bonds.